The monoisotopic (exact) mass is 174 g/mol. The minimum Gasteiger partial charge on any atom is -0.329 e. The van der Waals surface area contributed by atoms with Crippen LogP contribution < -0.4 is 11.1 Å². The molecular formula is C11H14N2. The number of hydrogen-bond donors (Lipinski definition) is 2. The summed E-state index contributed by atoms with van der Waals surface area (Å²) in [4.78, 5) is 0. The van der Waals surface area contributed by atoms with Gasteiger partial charge in [0, 0.05) is 18.7 Å². The van der Waals surface area contributed by atoms with Crippen molar-refractivity contribution >= 4 is 0 Å². The molecule has 2 heteroatoms. The van der Waals surface area contributed by atoms with Crippen molar-refractivity contribution in [3.05, 3.63) is 35.9 Å². The highest BCUT2D eigenvalue weighted by atomic mass is 14.9. The van der Waals surface area contributed by atoms with Crippen LogP contribution in [0.3, 0.4) is 0 Å². The van der Waals surface area contributed by atoms with E-state index in [-0.39, 0.29) is 0 Å². The summed E-state index contributed by atoms with van der Waals surface area (Å²) in [5.74, 6) is 6.07. The van der Waals surface area contributed by atoms with Crippen molar-refractivity contribution in [3.8, 4) is 11.8 Å². The van der Waals surface area contributed by atoms with Crippen molar-refractivity contribution < 1.29 is 0 Å². The van der Waals surface area contributed by atoms with Crippen LogP contribution in [0.1, 0.15) is 5.56 Å². The van der Waals surface area contributed by atoms with Crippen LogP contribution in [0, 0.1) is 11.8 Å². The Balaban J connectivity index is 2.31. The highest BCUT2D eigenvalue weighted by Crippen LogP contribution is 1.93. The zero-order valence-corrected chi connectivity index (χ0v) is 7.59. The Morgan fingerprint density at radius 2 is 2.00 bits per heavy atom. The van der Waals surface area contributed by atoms with E-state index in [4.69, 9.17) is 5.73 Å². The maximum atomic E-state index is 5.31. The van der Waals surface area contributed by atoms with E-state index in [9.17, 15) is 0 Å². The molecule has 13 heavy (non-hydrogen) atoms. The molecule has 0 amide bonds. The van der Waals surface area contributed by atoms with Gasteiger partial charge in [0.1, 0.15) is 0 Å². The lowest BCUT2D eigenvalue weighted by Gasteiger charge is -1.93. The number of benzene rings is 1. The van der Waals surface area contributed by atoms with Crippen molar-refractivity contribution in [2.45, 2.75) is 0 Å². The molecule has 0 fully saturated rings. The second kappa shape index (κ2) is 6.24. The van der Waals surface area contributed by atoms with Crippen molar-refractivity contribution in [2.75, 3.05) is 19.6 Å². The molecule has 0 saturated carbocycles. The Morgan fingerprint density at radius 1 is 1.23 bits per heavy atom. The molecule has 2 nitrogen and oxygen atoms in total. The van der Waals surface area contributed by atoms with Gasteiger partial charge in [-0.05, 0) is 12.1 Å². The summed E-state index contributed by atoms with van der Waals surface area (Å²) < 4.78 is 0. The van der Waals surface area contributed by atoms with Crippen LogP contribution in [-0.2, 0) is 0 Å². The molecule has 0 aliphatic heterocycles. The van der Waals surface area contributed by atoms with E-state index >= 15 is 0 Å². The molecule has 1 aromatic rings. The molecule has 0 radical (unpaired) electrons. The van der Waals surface area contributed by atoms with Gasteiger partial charge < -0.3 is 11.1 Å². The Hall–Kier alpha value is -1.30. The Morgan fingerprint density at radius 3 is 2.69 bits per heavy atom. The van der Waals surface area contributed by atoms with Crippen molar-refractivity contribution in [3.63, 3.8) is 0 Å². The van der Waals surface area contributed by atoms with Crippen LogP contribution in [0.2, 0.25) is 0 Å². The van der Waals surface area contributed by atoms with Gasteiger partial charge in [-0.1, -0.05) is 30.0 Å². The normalized spacial score (nSPS) is 9.00. The number of rotatable bonds is 3. The Labute approximate surface area is 79.1 Å². The van der Waals surface area contributed by atoms with Gasteiger partial charge in [-0.25, -0.2) is 0 Å². The maximum absolute atomic E-state index is 5.31. The van der Waals surface area contributed by atoms with E-state index in [1.54, 1.807) is 0 Å². The largest absolute Gasteiger partial charge is 0.329 e. The first-order chi connectivity index (χ1) is 6.43. The first-order valence-corrected chi connectivity index (χ1v) is 4.38. The van der Waals surface area contributed by atoms with Crippen LogP contribution in [0.5, 0.6) is 0 Å². The molecule has 0 aromatic heterocycles. The average molecular weight is 174 g/mol. The van der Waals surface area contributed by atoms with Crippen LogP contribution in [0.15, 0.2) is 30.3 Å². The molecule has 0 bridgehead atoms. The summed E-state index contributed by atoms with van der Waals surface area (Å²) in [5, 5.41) is 3.11. The molecule has 0 spiro atoms. The molecule has 1 rings (SSSR count). The van der Waals surface area contributed by atoms with E-state index in [1.165, 1.54) is 0 Å². The van der Waals surface area contributed by atoms with E-state index in [0.717, 1.165) is 12.1 Å². The third-order valence-electron chi connectivity index (χ3n) is 1.54. The van der Waals surface area contributed by atoms with Gasteiger partial charge in [0.2, 0.25) is 0 Å². The summed E-state index contributed by atoms with van der Waals surface area (Å²) in [6.07, 6.45) is 0. The van der Waals surface area contributed by atoms with Crippen LogP contribution >= 0.6 is 0 Å². The second-order valence-electron chi connectivity index (χ2n) is 2.63. The topological polar surface area (TPSA) is 38.0 Å². The molecule has 68 valence electrons. The fraction of sp³-hybridized carbons (Fsp3) is 0.273. The molecule has 0 saturated heterocycles. The van der Waals surface area contributed by atoms with Gasteiger partial charge >= 0.3 is 0 Å². The highest BCUT2D eigenvalue weighted by molar-refractivity contribution is 5.33. The fourth-order valence-corrected chi connectivity index (χ4v) is 0.921. The van der Waals surface area contributed by atoms with E-state index in [2.05, 4.69) is 17.2 Å². The summed E-state index contributed by atoms with van der Waals surface area (Å²) in [7, 11) is 0. The van der Waals surface area contributed by atoms with Crippen molar-refractivity contribution in [1.29, 1.82) is 0 Å². The van der Waals surface area contributed by atoms with Crippen molar-refractivity contribution in [2.24, 2.45) is 5.73 Å². The number of hydrogen-bond acceptors (Lipinski definition) is 2. The van der Waals surface area contributed by atoms with Gasteiger partial charge in [0.05, 0.1) is 6.54 Å². The summed E-state index contributed by atoms with van der Waals surface area (Å²) in [6, 6.07) is 9.94. The minimum absolute atomic E-state index is 0.660. The SMILES string of the molecule is NCCNCC#Cc1ccccc1. The maximum Gasteiger partial charge on any atom is 0.0580 e. The average Bonchev–Trinajstić information content (AvgIpc) is 2.19. The predicted octanol–water partition coefficient (Wildman–Crippen LogP) is 0.586. The Bertz CT molecular complexity index is 282. The lowest BCUT2D eigenvalue weighted by molar-refractivity contribution is 0.762. The summed E-state index contributed by atoms with van der Waals surface area (Å²) >= 11 is 0. The molecule has 3 N–H and O–H groups in total. The summed E-state index contributed by atoms with van der Waals surface area (Å²) in [5.41, 5.74) is 6.36. The lowest BCUT2D eigenvalue weighted by atomic mass is 10.2. The van der Waals surface area contributed by atoms with Crippen LogP contribution in [0.25, 0.3) is 0 Å². The molecular weight excluding hydrogens is 160 g/mol. The standard InChI is InChI=1S/C11H14N2/c12-8-10-13-9-4-7-11-5-2-1-3-6-11/h1-3,5-6,13H,8-10,12H2. The quantitative estimate of drug-likeness (QED) is 0.520. The number of nitrogens with two attached hydrogens (primary N) is 1. The highest BCUT2D eigenvalue weighted by Gasteiger charge is 1.81. The zero-order chi connectivity index (χ0) is 9.36. The molecule has 0 atom stereocenters. The van der Waals surface area contributed by atoms with Crippen molar-refractivity contribution in [1.82, 2.24) is 5.32 Å². The molecule has 0 unspecified atom stereocenters. The molecule has 0 aliphatic rings. The smallest absolute Gasteiger partial charge is 0.0580 e. The zero-order valence-electron chi connectivity index (χ0n) is 7.59. The first kappa shape index (κ1) is 9.79. The van der Waals surface area contributed by atoms with E-state index < -0.39 is 0 Å². The third-order valence-corrected chi connectivity index (χ3v) is 1.54. The summed E-state index contributed by atoms with van der Waals surface area (Å²) in [6.45, 7) is 2.18. The molecule has 0 heterocycles. The van der Waals surface area contributed by atoms with Gasteiger partial charge in [0.25, 0.3) is 0 Å². The lowest BCUT2D eigenvalue weighted by Crippen LogP contribution is -2.22. The fourth-order valence-electron chi connectivity index (χ4n) is 0.921. The van der Waals surface area contributed by atoms with E-state index in [0.29, 0.717) is 13.1 Å². The van der Waals surface area contributed by atoms with Crippen LogP contribution in [0.4, 0.5) is 0 Å². The van der Waals surface area contributed by atoms with Gasteiger partial charge in [-0.3, -0.25) is 0 Å². The second-order valence-corrected chi connectivity index (χ2v) is 2.63. The van der Waals surface area contributed by atoms with Crippen LogP contribution in [-0.4, -0.2) is 19.6 Å². The van der Waals surface area contributed by atoms with Gasteiger partial charge in [-0.15, -0.1) is 0 Å². The minimum atomic E-state index is 0.660. The molecule has 1 aromatic carbocycles. The Kier molecular flexibility index (Phi) is 4.70. The first-order valence-electron chi connectivity index (χ1n) is 4.38. The predicted molar refractivity (Wildman–Crippen MR) is 55.2 cm³/mol. The van der Waals surface area contributed by atoms with E-state index in [1.807, 2.05) is 30.3 Å². The molecule has 0 aliphatic carbocycles. The third kappa shape index (κ3) is 4.32. The van der Waals surface area contributed by atoms with Gasteiger partial charge in [0.15, 0.2) is 0 Å². The number of nitrogens with one attached hydrogen (secondary N) is 1. The van der Waals surface area contributed by atoms with Gasteiger partial charge in [-0.2, -0.15) is 0 Å².